The van der Waals surface area contributed by atoms with Crippen LogP contribution in [0.25, 0.3) is 105 Å². The van der Waals surface area contributed by atoms with E-state index < -0.39 is 0 Å². The van der Waals surface area contributed by atoms with Crippen molar-refractivity contribution in [1.29, 1.82) is 5.26 Å². The van der Waals surface area contributed by atoms with E-state index in [-0.39, 0.29) is 0 Å². The Kier molecular flexibility index (Phi) is 7.26. The molecule has 9 aromatic carbocycles. The van der Waals surface area contributed by atoms with E-state index in [1.54, 1.807) is 0 Å². The first kappa shape index (κ1) is 33.1. The van der Waals surface area contributed by atoms with Crippen LogP contribution in [0, 0.1) is 11.3 Å². The van der Waals surface area contributed by atoms with Crippen molar-refractivity contribution < 1.29 is 0 Å². The highest BCUT2D eigenvalue weighted by Gasteiger charge is 2.21. The molecular weight excluding hydrogens is 717 g/mol. The van der Waals surface area contributed by atoms with E-state index in [2.05, 4.69) is 214 Å². The second kappa shape index (κ2) is 13.0. The van der Waals surface area contributed by atoms with E-state index >= 15 is 0 Å². The molecule has 0 aliphatic heterocycles. The van der Waals surface area contributed by atoms with Gasteiger partial charge in [-0.2, -0.15) is 5.26 Å². The number of benzene rings is 9. The van der Waals surface area contributed by atoms with E-state index in [9.17, 15) is 5.26 Å². The van der Waals surface area contributed by atoms with Crippen molar-refractivity contribution in [2.24, 2.45) is 0 Å². The van der Waals surface area contributed by atoms with E-state index in [0.29, 0.717) is 5.56 Å². The van der Waals surface area contributed by atoms with Crippen LogP contribution in [-0.4, -0.2) is 13.7 Å². The minimum Gasteiger partial charge on any atom is -0.309 e. The van der Waals surface area contributed by atoms with Crippen LogP contribution in [-0.2, 0) is 0 Å². The molecule has 0 aliphatic rings. The molecule has 0 saturated heterocycles. The zero-order valence-electron chi connectivity index (χ0n) is 31.9. The number of aromatic nitrogens is 3. The van der Waals surface area contributed by atoms with Gasteiger partial charge in [-0.1, -0.05) is 121 Å². The minimum atomic E-state index is 0.626. The normalized spacial score (nSPS) is 11.7. The molecule has 0 fully saturated rings. The molecule has 274 valence electrons. The van der Waals surface area contributed by atoms with E-state index in [4.69, 9.17) is 0 Å². The summed E-state index contributed by atoms with van der Waals surface area (Å²) in [6, 6.07) is 76.0. The quantitative estimate of drug-likeness (QED) is 0.173. The summed E-state index contributed by atoms with van der Waals surface area (Å²) in [5.41, 5.74) is 15.0. The van der Waals surface area contributed by atoms with E-state index in [0.717, 1.165) is 72.2 Å². The van der Waals surface area contributed by atoms with Crippen LogP contribution >= 0.6 is 0 Å². The first-order valence-corrected chi connectivity index (χ1v) is 20.0. The standard InChI is InChI=1S/C55H34N4/c56-35-39-14-13-22-42(38-28-31-53-48(34-38)44-20-8-11-24-50(44)58(53)41-17-5-2-6-18-41)55(39)59-51-25-12-9-21-45(51)47-33-37(27-30-54(47)59)36-26-29-52-46(32-36)43-19-7-10-23-49(43)57(52)40-15-3-1-4-16-40/h1-34H. The lowest BCUT2D eigenvalue weighted by atomic mass is 9.98. The molecule has 3 heterocycles. The topological polar surface area (TPSA) is 38.6 Å². The molecule has 12 aromatic rings. The van der Waals surface area contributed by atoms with Crippen molar-refractivity contribution in [1.82, 2.24) is 13.7 Å². The van der Waals surface area contributed by atoms with Crippen LogP contribution in [0.3, 0.4) is 0 Å². The predicted molar refractivity (Wildman–Crippen MR) is 245 cm³/mol. The summed E-state index contributed by atoms with van der Waals surface area (Å²) < 4.78 is 7.00. The Bertz CT molecular complexity index is 3670. The van der Waals surface area contributed by atoms with Crippen molar-refractivity contribution in [3.63, 3.8) is 0 Å². The molecule has 3 aromatic heterocycles. The molecule has 12 rings (SSSR count). The Balaban J connectivity index is 1.05. The predicted octanol–water partition coefficient (Wildman–Crippen LogP) is 14.2. The summed E-state index contributed by atoms with van der Waals surface area (Å²) in [5, 5.41) is 17.8. The molecule has 0 unspecified atom stereocenters. The molecule has 0 spiro atoms. The van der Waals surface area contributed by atoms with Gasteiger partial charge in [-0.25, -0.2) is 0 Å². The summed E-state index contributed by atoms with van der Waals surface area (Å²) >= 11 is 0. The monoisotopic (exact) mass is 750 g/mol. The fourth-order valence-electron chi connectivity index (χ4n) is 9.50. The van der Waals surface area contributed by atoms with Crippen molar-refractivity contribution in [3.05, 3.63) is 212 Å². The maximum atomic E-state index is 10.7. The van der Waals surface area contributed by atoms with E-state index in [1.165, 1.54) is 32.6 Å². The Labute approximate surface area is 340 Å². The van der Waals surface area contributed by atoms with Crippen LogP contribution in [0.1, 0.15) is 5.56 Å². The van der Waals surface area contributed by atoms with Gasteiger partial charge in [0.2, 0.25) is 0 Å². The lowest BCUT2D eigenvalue weighted by Crippen LogP contribution is -2.01. The Hall–Kier alpha value is -8.13. The van der Waals surface area contributed by atoms with Crippen molar-refractivity contribution in [2.45, 2.75) is 0 Å². The number of hydrogen-bond acceptors (Lipinski definition) is 1. The van der Waals surface area contributed by atoms with Gasteiger partial charge in [0.15, 0.2) is 0 Å². The van der Waals surface area contributed by atoms with Gasteiger partial charge >= 0.3 is 0 Å². The molecule has 59 heavy (non-hydrogen) atoms. The second-order valence-corrected chi connectivity index (χ2v) is 15.2. The van der Waals surface area contributed by atoms with Gasteiger partial charge in [-0.3, -0.25) is 0 Å². The molecule has 0 bridgehead atoms. The molecule has 0 radical (unpaired) electrons. The number of para-hydroxylation sites is 6. The van der Waals surface area contributed by atoms with E-state index in [1.807, 2.05) is 12.1 Å². The lowest BCUT2D eigenvalue weighted by Gasteiger charge is -2.16. The van der Waals surface area contributed by atoms with Gasteiger partial charge in [-0.05, 0) is 102 Å². The smallest absolute Gasteiger partial charge is 0.101 e. The average Bonchev–Trinajstić information content (AvgIpc) is 3.94. The van der Waals surface area contributed by atoms with Gasteiger partial charge in [-0.15, -0.1) is 0 Å². The molecule has 4 nitrogen and oxygen atoms in total. The fourth-order valence-corrected chi connectivity index (χ4v) is 9.50. The summed E-state index contributed by atoms with van der Waals surface area (Å²) in [7, 11) is 0. The Morgan fingerprint density at radius 1 is 0.305 bits per heavy atom. The maximum absolute atomic E-state index is 10.7. The fraction of sp³-hybridized carbons (Fsp3) is 0. The van der Waals surface area contributed by atoms with Crippen molar-refractivity contribution in [2.75, 3.05) is 0 Å². The van der Waals surface area contributed by atoms with Gasteiger partial charge in [0.25, 0.3) is 0 Å². The summed E-state index contributed by atoms with van der Waals surface area (Å²) in [6.45, 7) is 0. The van der Waals surface area contributed by atoms with Crippen molar-refractivity contribution >= 4 is 65.4 Å². The maximum Gasteiger partial charge on any atom is 0.101 e. The second-order valence-electron chi connectivity index (χ2n) is 15.2. The summed E-state index contributed by atoms with van der Waals surface area (Å²) in [6.07, 6.45) is 0. The third-order valence-corrected chi connectivity index (χ3v) is 12.1. The third kappa shape index (κ3) is 4.95. The Morgan fingerprint density at radius 2 is 0.695 bits per heavy atom. The molecular formula is C55H34N4. The van der Waals surface area contributed by atoms with Gasteiger partial charge in [0.05, 0.1) is 44.4 Å². The van der Waals surface area contributed by atoms with Crippen LogP contribution in [0.5, 0.6) is 0 Å². The average molecular weight is 751 g/mol. The number of hydrogen-bond donors (Lipinski definition) is 0. The first-order valence-electron chi connectivity index (χ1n) is 20.0. The Morgan fingerprint density at radius 3 is 1.19 bits per heavy atom. The highest BCUT2D eigenvalue weighted by Crippen LogP contribution is 2.42. The molecule has 0 aliphatic carbocycles. The highest BCUT2D eigenvalue weighted by molar-refractivity contribution is 6.14. The minimum absolute atomic E-state index is 0.626. The highest BCUT2D eigenvalue weighted by atomic mass is 15.0. The van der Waals surface area contributed by atoms with Crippen LogP contribution in [0.2, 0.25) is 0 Å². The molecule has 0 N–H and O–H groups in total. The van der Waals surface area contributed by atoms with Crippen LogP contribution < -0.4 is 0 Å². The zero-order chi connectivity index (χ0) is 39.0. The largest absolute Gasteiger partial charge is 0.309 e. The third-order valence-electron chi connectivity index (χ3n) is 12.1. The van der Waals surface area contributed by atoms with Gasteiger partial charge < -0.3 is 13.7 Å². The number of nitriles is 1. The first-order chi connectivity index (χ1) is 29.2. The molecule has 0 atom stereocenters. The summed E-state index contributed by atoms with van der Waals surface area (Å²) in [5.74, 6) is 0. The van der Waals surface area contributed by atoms with Gasteiger partial charge in [0, 0.05) is 49.3 Å². The summed E-state index contributed by atoms with van der Waals surface area (Å²) in [4.78, 5) is 0. The molecule has 0 saturated carbocycles. The molecule has 4 heteroatoms. The van der Waals surface area contributed by atoms with Crippen molar-refractivity contribution in [3.8, 4) is 45.4 Å². The number of rotatable bonds is 5. The molecule has 0 amide bonds. The number of fused-ring (bicyclic) bond motifs is 9. The number of nitrogens with zero attached hydrogens (tertiary/aromatic N) is 4. The zero-order valence-corrected chi connectivity index (χ0v) is 31.9. The lowest BCUT2D eigenvalue weighted by molar-refractivity contribution is 1.17. The van der Waals surface area contributed by atoms with Crippen LogP contribution in [0.15, 0.2) is 206 Å². The van der Waals surface area contributed by atoms with Crippen LogP contribution in [0.4, 0.5) is 0 Å². The van der Waals surface area contributed by atoms with Gasteiger partial charge in [0.1, 0.15) is 6.07 Å². The SMILES string of the molecule is N#Cc1cccc(-c2ccc3c(c2)c2ccccc2n3-c2ccccc2)c1-n1c2ccccc2c2cc(-c3ccc4c(c3)c3ccccc3n4-c3ccccc3)ccc21.